The van der Waals surface area contributed by atoms with Crippen molar-refractivity contribution >= 4 is 5.97 Å². The summed E-state index contributed by atoms with van der Waals surface area (Å²) in [7, 11) is 0. The number of carbonyl (C=O) groups is 1. The smallest absolute Gasteiger partial charge is 0.354 e. The second-order valence-corrected chi connectivity index (χ2v) is 5.59. The monoisotopic (exact) mass is 370 g/mol. The molecule has 0 amide bonds. The van der Waals surface area contributed by atoms with E-state index >= 15 is 0 Å². The Balaban J connectivity index is 1.88. The van der Waals surface area contributed by atoms with Gasteiger partial charge in [0.25, 0.3) is 0 Å². The maximum absolute atomic E-state index is 12.9. The molecule has 7 nitrogen and oxygen atoms in total. The van der Waals surface area contributed by atoms with E-state index in [0.29, 0.717) is 17.1 Å². The number of benzene rings is 2. The predicted molar refractivity (Wildman–Crippen MR) is 92.9 cm³/mol. The van der Waals surface area contributed by atoms with Crippen LogP contribution in [0.15, 0.2) is 54.6 Å². The van der Waals surface area contributed by atoms with Crippen molar-refractivity contribution in [3.63, 3.8) is 0 Å². The number of hydrogen-bond acceptors (Lipinski definition) is 6. The number of rotatable bonds is 6. The van der Waals surface area contributed by atoms with Crippen LogP contribution in [-0.4, -0.2) is 37.9 Å². The van der Waals surface area contributed by atoms with Crippen molar-refractivity contribution in [3.05, 3.63) is 71.8 Å². The lowest BCUT2D eigenvalue weighted by Crippen LogP contribution is -2.11. The summed E-state index contributed by atoms with van der Waals surface area (Å²) in [5, 5.41) is 28.0. The van der Waals surface area contributed by atoms with E-state index in [1.807, 2.05) is 0 Å². The molecule has 0 saturated heterocycles. The molecule has 0 radical (unpaired) electrons. The molecule has 3 aromatic rings. The minimum atomic E-state index is -1.31. The average Bonchev–Trinajstić information content (AvgIpc) is 2.69. The SMILES string of the molecule is O=C(O)c1cc(C(O)CO)nc(-c2ccc(Oc3ccc(F)cc3)cc2)n1. The number of halogens is 1. The molecule has 0 aliphatic heterocycles. The van der Waals surface area contributed by atoms with Crippen molar-refractivity contribution in [1.29, 1.82) is 0 Å². The zero-order valence-corrected chi connectivity index (χ0v) is 13.9. The fourth-order valence-corrected chi connectivity index (χ4v) is 2.28. The standard InChI is InChI=1S/C19H15FN2O5/c20-12-3-7-14(8-4-12)27-13-5-1-11(2-6-13)18-21-15(17(24)10-23)9-16(22-18)19(25)26/h1-9,17,23-24H,10H2,(H,25,26). The van der Waals surface area contributed by atoms with Gasteiger partial charge in [0.05, 0.1) is 12.3 Å². The number of aliphatic hydroxyl groups excluding tert-OH is 2. The number of aromatic carboxylic acids is 1. The lowest BCUT2D eigenvalue weighted by molar-refractivity contribution is 0.0687. The van der Waals surface area contributed by atoms with Crippen LogP contribution < -0.4 is 4.74 Å². The molecule has 0 aliphatic rings. The summed E-state index contributed by atoms with van der Waals surface area (Å²) in [4.78, 5) is 19.3. The predicted octanol–water partition coefficient (Wildman–Crippen LogP) is 2.80. The van der Waals surface area contributed by atoms with Gasteiger partial charge < -0.3 is 20.1 Å². The van der Waals surface area contributed by atoms with Crippen molar-refractivity contribution in [2.24, 2.45) is 0 Å². The zero-order chi connectivity index (χ0) is 19.4. The first-order chi connectivity index (χ1) is 13.0. The molecule has 27 heavy (non-hydrogen) atoms. The van der Waals surface area contributed by atoms with Gasteiger partial charge in [0.15, 0.2) is 11.5 Å². The molecular formula is C19H15FN2O5. The molecule has 0 spiro atoms. The van der Waals surface area contributed by atoms with Crippen molar-refractivity contribution in [3.8, 4) is 22.9 Å². The summed E-state index contributed by atoms with van der Waals surface area (Å²) < 4.78 is 18.5. The summed E-state index contributed by atoms with van der Waals surface area (Å²) in [6, 6.07) is 13.1. The Labute approximate surface area is 153 Å². The summed E-state index contributed by atoms with van der Waals surface area (Å²) in [5.74, 6) is -0.613. The number of aliphatic hydroxyl groups is 2. The van der Waals surface area contributed by atoms with Crippen LogP contribution in [0.4, 0.5) is 4.39 Å². The molecule has 0 fully saturated rings. The number of hydrogen-bond donors (Lipinski definition) is 3. The van der Waals surface area contributed by atoms with Gasteiger partial charge in [-0.15, -0.1) is 0 Å². The van der Waals surface area contributed by atoms with Crippen molar-refractivity contribution < 1.29 is 29.2 Å². The molecular weight excluding hydrogens is 355 g/mol. The van der Waals surface area contributed by atoms with E-state index in [9.17, 15) is 19.4 Å². The average molecular weight is 370 g/mol. The van der Waals surface area contributed by atoms with Crippen molar-refractivity contribution in [2.45, 2.75) is 6.10 Å². The quantitative estimate of drug-likeness (QED) is 0.611. The number of carboxylic acid groups (broad SMARTS) is 1. The fraction of sp³-hybridized carbons (Fsp3) is 0.105. The van der Waals surface area contributed by atoms with E-state index in [2.05, 4.69) is 9.97 Å². The first kappa shape index (κ1) is 18.4. The lowest BCUT2D eigenvalue weighted by Gasteiger charge is -2.10. The van der Waals surface area contributed by atoms with Gasteiger partial charge in [-0.05, 0) is 54.6 Å². The van der Waals surface area contributed by atoms with Gasteiger partial charge in [-0.1, -0.05) is 0 Å². The third-order valence-corrected chi connectivity index (χ3v) is 3.64. The zero-order valence-electron chi connectivity index (χ0n) is 13.9. The fourth-order valence-electron chi connectivity index (χ4n) is 2.28. The summed E-state index contributed by atoms with van der Waals surface area (Å²) in [6.07, 6.45) is -1.31. The Bertz CT molecular complexity index is 945. The van der Waals surface area contributed by atoms with Crippen LogP contribution in [0, 0.1) is 5.82 Å². The molecule has 1 aromatic heterocycles. The second kappa shape index (κ2) is 7.90. The van der Waals surface area contributed by atoms with E-state index in [-0.39, 0.29) is 23.0 Å². The molecule has 0 bridgehead atoms. The Morgan fingerprint density at radius 2 is 1.63 bits per heavy atom. The first-order valence-electron chi connectivity index (χ1n) is 7.91. The number of aromatic nitrogens is 2. The van der Waals surface area contributed by atoms with Gasteiger partial charge in [0.2, 0.25) is 0 Å². The van der Waals surface area contributed by atoms with Gasteiger partial charge >= 0.3 is 5.97 Å². The normalized spacial score (nSPS) is 11.8. The van der Waals surface area contributed by atoms with E-state index in [0.717, 1.165) is 6.07 Å². The molecule has 2 aromatic carbocycles. The maximum atomic E-state index is 12.9. The summed E-state index contributed by atoms with van der Waals surface area (Å²) in [6.45, 7) is -0.597. The molecule has 1 atom stereocenters. The Morgan fingerprint density at radius 3 is 2.19 bits per heavy atom. The van der Waals surface area contributed by atoms with Gasteiger partial charge in [-0.2, -0.15) is 0 Å². The third kappa shape index (κ3) is 4.43. The molecule has 8 heteroatoms. The topological polar surface area (TPSA) is 113 Å². The first-order valence-corrected chi connectivity index (χ1v) is 7.91. The Morgan fingerprint density at radius 1 is 1.04 bits per heavy atom. The van der Waals surface area contributed by atoms with Crippen LogP contribution in [0.25, 0.3) is 11.4 Å². The molecule has 0 saturated carbocycles. The van der Waals surface area contributed by atoms with Crippen molar-refractivity contribution in [1.82, 2.24) is 9.97 Å². The molecule has 138 valence electrons. The Hall–Kier alpha value is -3.36. The van der Waals surface area contributed by atoms with Gasteiger partial charge in [-0.25, -0.2) is 19.2 Å². The highest BCUT2D eigenvalue weighted by Gasteiger charge is 2.16. The van der Waals surface area contributed by atoms with Crippen LogP contribution in [0.3, 0.4) is 0 Å². The van der Waals surface area contributed by atoms with Gasteiger partial charge in [0, 0.05) is 5.56 Å². The molecule has 3 rings (SSSR count). The molecule has 1 heterocycles. The number of carboxylic acids is 1. The largest absolute Gasteiger partial charge is 0.477 e. The van der Waals surface area contributed by atoms with Crippen molar-refractivity contribution in [2.75, 3.05) is 6.61 Å². The van der Waals surface area contributed by atoms with E-state index < -0.39 is 18.7 Å². The molecule has 1 unspecified atom stereocenters. The summed E-state index contributed by atoms with van der Waals surface area (Å²) >= 11 is 0. The number of ether oxygens (including phenoxy) is 1. The van der Waals surface area contributed by atoms with Gasteiger partial charge in [-0.3, -0.25) is 0 Å². The van der Waals surface area contributed by atoms with E-state index in [4.69, 9.17) is 9.84 Å². The minimum absolute atomic E-state index is 0.00605. The molecule has 3 N–H and O–H groups in total. The van der Waals surface area contributed by atoms with E-state index in [1.165, 1.54) is 24.3 Å². The highest BCUT2D eigenvalue weighted by molar-refractivity contribution is 5.86. The Kier molecular flexibility index (Phi) is 5.39. The number of nitrogens with zero attached hydrogens (tertiary/aromatic N) is 2. The van der Waals surface area contributed by atoms with Crippen LogP contribution in [0.1, 0.15) is 22.3 Å². The van der Waals surface area contributed by atoms with Gasteiger partial charge in [0.1, 0.15) is 23.4 Å². The minimum Gasteiger partial charge on any atom is -0.477 e. The second-order valence-electron chi connectivity index (χ2n) is 5.59. The van der Waals surface area contributed by atoms with Crippen LogP contribution in [0.5, 0.6) is 11.5 Å². The van der Waals surface area contributed by atoms with Crippen LogP contribution in [-0.2, 0) is 0 Å². The summed E-state index contributed by atoms with van der Waals surface area (Å²) in [5.41, 5.74) is 0.205. The highest BCUT2D eigenvalue weighted by atomic mass is 19.1. The molecule has 0 aliphatic carbocycles. The third-order valence-electron chi connectivity index (χ3n) is 3.64. The van der Waals surface area contributed by atoms with E-state index in [1.54, 1.807) is 24.3 Å². The highest BCUT2D eigenvalue weighted by Crippen LogP contribution is 2.25. The lowest BCUT2D eigenvalue weighted by atomic mass is 10.1. The van der Waals surface area contributed by atoms with Crippen LogP contribution in [0.2, 0.25) is 0 Å². The maximum Gasteiger partial charge on any atom is 0.354 e. The van der Waals surface area contributed by atoms with Crippen LogP contribution >= 0.6 is 0 Å².